The predicted molar refractivity (Wildman–Crippen MR) is 143 cm³/mol. The molecule has 0 saturated heterocycles. The quantitative estimate of drug-likeness (QED) is 0.398. The van der Waals surface area contributed by atoms with E-state index >= 15 is 0 Å². The summed E-state index contributed by atoms with van der Waals surface area (Å²) in [6.45, 7) is -0.189. The summed E-state index contributed by atoms with van der Waals surface area (Å²) in [4.78, 5) is 28.6. The summed E-state index contributed by atoms with van der Waals surface area (Å²) < 4.78 is 30.2. The van der Waals surface area contributed by atoms with E-state index < -0.39 is 34.4 Å². The van der Waals surface area contributed by atoms with Gasteiger partial charge in [0, 0.05) is 25.2 Å². The molecule has 0 spiro atoms. The largest absolute Gasteiger partial charge is 0.497 e. The SMILES string of the molecule is COc1ccc(CN(C(=O)CN(C)S(C)(=O)=O)[C@@H](C(=O)NCc2ccccc2Cl)c2ccccc2)cc1. The number of ether oxygens (including phenoxy) is 1. The van der Waals surface area contributed by atoms with Crippen LogP contribution in [0.3, 0.4) is 0 Å². The van der Waals surface area contributed by atoms with Crippen molar-refractivity contribution in [3.05, 3.63) is 101 Å². The minimum atomic E-state index is -3.62. The summed E-state index contributed by atoms with van der Waals surface area (Å²) >= 11 is 6.26. The smallest absolute Gasteiger partial charge is 0.247 e. The Morgan fingerprint density at radius 1 is 0.973 bits per heavy atom. The highest BCUT2D eigenvalue weighted by Crippen LogP contribution is 2.25. The molecule has 3 aromatic carbocycles. The molecule has 0 saturated carbocycles. The normalized spacial score (nSPS) is 12.1. The lowest BCUT2D eigenvalue weighted by Crippen LogP contribution is -2.47. The van der Waals surface area contributed by atoms with Crippen LogP contribution >= 0.6 is 11.6 Å². The fourth-order valence-corrected chi connectivity index (χ4v) is 4.23. The van der Waals surface area contributed by atoms with E-state index in [2.05, 4.69) is 5.32 Å². The van der Waals surface area contributed by atoms with Crippen LogP contribution in [0.1, 0.15) is 22.7 Å². The molecule has 37 heavy (non-hydrogen) atoms. The summed E-state index contributed by atoms with van der Waals surface area (Å²) in [5, 5.41) is 3.41. The lowest BCUT2D eigenvalue weighted by Gasteiger charge is -2.32. The Kier molecular flexibility index (Phi) is 9.68. The molecule has 3 aromatic rings. The molecule has 0 fully saturated rings. The van der Waals surface area contributed by atoms with Gasteiger partial charge in [-0.15, -0.1) is 0 Å². The third-order valence-electron chi connectivity index (χ3n) is 5.84. The Labute approximate surface area is 222 Å². The molecular formula is C27H30ClN3O5S. The van der Waals surface area contributed by atoms with Crippen LogP contribution in [0.15, 0.2) is 78.9 Å². The van der Waals surface area contributed by atoms with E-state index in [9.17, 15) is 18.0 Å². The fourth-order valence-electron chi connectivity index (χ4n) is 3.68. The maximum absolute atomic E-state index is 13.6. The zero-order valence-corrected chi connectivity index (χ0v) is 22.5. The van der Waals surface area contributed by atoms with Crippen LogP contribution in [0.25, 0.3) is 0 Å². The van der Waals surface area contributed by atoms with E-state index in [-0.39, 0.29) is 13.1 Å². The number of amides is 2. The summed E-state index contributed by atoms with van der Waals surface area (Å²) in [6.07, 6.45) is 1.03. The first-order valence-electron chi connectivity index (χ1n) is 11.5. The number of carbonyl (C=O) groups is 2. The summed E-state index contributed by atoms with van der Waals surface area (Å²) in [5.41, 5.74) is 2.06. The number of nitrogens with one attached hydrogen (secondary N) is 1. The van der Waals surface area contributed by atoms with Crippen LogP contribution in [0.2, 0.25) is 5.02 Å². The molecule has 0 radical (unpaired) electrons. The van der Waals surface area contributed by atoms with Crippen molar-refractivity contribution in [3.8, 4) is 5.75 Å². The van der Waals surface area contributed by atoms with Gasteiger partial charge in [0.25, 0.3) is 0 Å². The number of halogens is 1. The molecular weight excluding hydrogens is 514 g/mol. The van der Waals surface area contributed by atoms with Gasteiger partial charge in [0.1, 0.15) is 11.8 Å². The molecule has 1 N–H and O–H groups in total. The average molecular weight is 544 g/mol. The van der Waals surface area contributed by atoms with Crippen molar-refractivity contribution >= 4 is 33.4 Å². The van der Waals surface area contributed by atoms with Gasteiger partial charge in [-0.3, -0.25) is 9.59 Å². The van der Waals surface area contributed by atoms with Gasteiger partial charge in [0.15, 0.2) is 0 Å². The molecule has 1 atom stereocenters. The Bertz CT molecular complexity index is 1320. The number of rotatable bonds is 11. The first kappa shape index (κ1) is 28.2. The first-order chi connectivity index (χ1) is 17.6. The lowest BCUT2D eigenvalue weighted by molar-refractivity contribution is -0.141. The van der Waals surface area contributed by atoms with Crippen LogP contribution in [0.5, 0.6) is 5.75 Å². The van der Waals surface area contributed by atoms with E-state index in [1.807, 2.05) is 18.2 Å². The van der Waals surface area contributed by atoms with Crippen LogP contribution < -0.4 is 10.1 Å². The van der Waals surface area contributed by atoms with Gasteiger partial charge in [0.05, 0.1) is 19.9 Å². The van der Waals surface area contributed by atoms with Gasteiger partial charge in [-0.05, 0) is 34.9 Å². The average Bonchev–Trinajstić information content (AvgIpc) is 2.88. The zero-order chi connectivity index (χ0) is 27.0. The predicted octanol–water partition coefficient (Wildman–Crippen LogP) is 3.63. The van der Waals surface area contributed by atoms with Crippen molar-refractivity contribution in [1.29, 1.82) is 0 Å². The van der Waals surface area contributed by atoms with E-state index in [0.29, 0.717) is 16.3 Å². The van der Waals surface area contributed by atoms with Gasteiger partial charge >= 0.3 is 0 Å². The molecule has 0 unspecified atom stereocenters. The van der Waals surface area contributed by atoms with Gasteiger partial charge < -0.3 is 15.0 Å². The third-order valence-corrected chi connectivity index (χ3v) is 7.47. The molecule has 0 bridgehead atoms. The first-order valence-corrected chi connectivity index (χ1v) is 13.7. The minimum Gasteiger partial charge on any atom is -0.497 e. The summed E-state index contributed by atoms with van der Waals surface area (Å²) in [5.74, 6) is -0.295. The maximum atomic E-state index is 13.6. The van der Waals surface area contributed by atoms with Crippen molar-refractivity contribution in [1.82, 2.24) is 14.5 Å². The van der Waals surface area contributed by atoms with E-state index in [1.165, 1.54) is 11.9 Å². The Balaban J connectivity index is 1.98. The second-order valence-electron chi connectivity index (χ2n) is 8.51. The number of carbonyl (C=O) groups excluding carboxylic acids is 2. The van der Waals surface area contributed by atoms with Crippen molar-refractivity contribution in [2.75, 3.05) is 27.0 Å². The van der Waals surface area contributed by atoms with Crippen LogP contribution in [-0.2, 0) is 32.7 Å². The number of benzene rings is 3. The highest BCUT2D eigenvalue weighted by Gasteiger charge is 2.33. The Morgan fingerprint density at radius 2 is 1.59 bits per heavy atom. The molecule has 2 amide bonds. The lowest BCUT2D eigenvalue weighted by atomic mass is 10.0. The van der Waals surface area contributed by atoms with E-state index in [1.54, 1.807) is 67.8 Å². The number of methoxy groups -OCH3 is 1. The molecule has 0 aliphatic heterocycles. The Morgan fingerprint density at radius 3 is 2.19 bits per heavy atom. The van der Waals surface area contributed by atoms with Crippen molar-refractivity contribution in [2.24, 2.45) is 0 Å². The highest BCUT2D eigenvalue weighted by molar-refractivity contribution is 7.88. The number of nitrogens with zero attached hydrogens (tertiary/aromatic N) is 2. The molecule has 10 heteroatoms. The number of likely N-dealkylation sites (N-methyl/N-ethyl adjacent to an activating group) is 1. The van der Waals surface area contributed by atoms with Gasteiger partial charge in [-0.2, -0.15) is 4.31 Å². The highest BCUT2D eigenvalue weighted by atomic mass is 35.5. The number of hydrogen-bond acceptors (Lipinski definition) is 5. The second-order valence-corrected chi connectivity index (χ2v) is 11.0. The number of sulfonamides is 1. The zero-order valence-electron chi connectivity index (χ0n) is 20.9. The molecule has 0 aliphatic carbocycles. The molecule has 0 heterocycles. The monoisotopic (exact) mass is 543 g/mol. The fraction of sp³-hybridized carbons (Fsp3) is 0.259. The minimum absolute atomic E-state index is 0.0690. The second kappa shape index (κ2) is 12.7. The third kappa shape index (κ3) is 7.79. The molecule has 196 valence electrons. The van der Waals surface area contributed by atoms with E-state index in [4.69, 9.17) is 16.3 Å². The molecule has 8 nitrogen and oxygen atoms in total. The van der Waals surface area contributed by atoms with Gasteiger partial charge in [0.2, 0.25) is 21.8 Å². The topological polar surface area (TPSA) is 96.0 Å². The molecule has 0 aliphatic rings. The van der Waals surface area contributed by atoms with Crippen molar-refractivity contribution in [3.63, 3.8) is 0 Å². The Hall–Kier alpha value is -3.40. The summed E-state index contributed by atoms with van der Waals surface area (Å²) in [7, 11) is -0.737. The molecule has 3 rings (SSSR count). The van der Waals surface area contributed by atoms with Crippen LogP contribution in [0, 0.1) is 0 Å². The van der Waals surface area contributed by atoms with Crippen LogP contribution in [0.4, 0.5) is 0 Å². The van der Waals surface area contributed by atoms with Crippen LogP contribution in [-0.4, -0.2) is 56.4 Å². The van der Waals surface area contributed by atoms with Gasteiger partial charge in [-0.25, -0.2) is 8.42 Å². The van der Waals surface area contributed by atoms with Crippen molar-refractivity contribution in [2.45, 2.75) is 19.1 Å². The standard InChI is InChI=1S/C27H30ClN3O5S/c1-30(37(3,34)35)19-25(32)31(18-20-13-15-23(36-2)16-14-20)26(21-9-5-4-6-10-21)27(33)29-17-22-11-7-8-12-24(22)28/h4-16,26H,17-19H2,1-3H3,(H,29,33)/t26-/m1/s1. The summed E-state index contributed by atoms with van der Waals surface area (Å²) in [6, 6.07) is 22.1. The van der Waals surface area contributed by atoms with Crippen molar-refractivity contribution < 1.29 is 22.7 Å². The molecule has 0 aromatic heterocycles. The van der Waals surface area contributed by atoms with E-state index in [0.717, 1.165) is 21.7 Å². The number of hydrogen-bond donors (Lipinski definition) is 1. The van der Waals surface area contributed by atoms with Gasteiger partial charge in [-0.1, -0.05) is 72.3 Å². The maximum Gasteiger partial charge on any atom is 0.247 e.